The monoisotopic (exact) mass is 269 g/mol. The highest BCUT2D eigenvalue weighted by Crippen LogP contribution is 2.42. The Morgan fingerprint density at radius 2 is 2.05 bits per heavy atom. The molecule has 3 unspecified atom stereocenters. The van der Waals surface area contributed by atoms with E-state index in [4.69, 9.17) is 4.74 Å². The van der Waals surface area contributed by atoms with Gasteiger partial charge in [0.2, 0.25) is 0 Å². The number of fused-ring (bicyclic) bond motifs is 1. The molecule has 106 valence electrons. The zero-order valence-corrected chi connectivity index (χ0v) is 11.9. The molecule has 2 saturated heterocycles. The molecule has 0 N–H and O–H groups in total. The van der Waals surface area contributed by atoms with Gasteiger partial charge in [0.05, 0.1) is 6.61 Å². The Bertz CT molecular complexity index is 483. The van der Waals surface area contributed by atoms with Crippen LogP contribution in [0.15, 0.2) is 42.5 Å². The van der Waals surface area contributed by atoms with Gasteiger partial charge in [-0.25, -0.2) is 0 Å². The maximum Gasteiger partial charge on any atom is 0.137 e. The minimum absolute atomic E-state index is 0.193. The van der Waals surface area contributed by atoms with Crippen molar-refractivity contribution in [1.29, 1.82) is 0 Å². The molecule has 2 heterocycles. The van der Waals surface area contributed by atoms with E-state index in [1.807, 2.05) is 0 Å². The molecule has 1 aliphatic carbocycles. The summed E-state index contributed by atoms with van der Waals surface area (Å²) in [4.78, 5) is 2.60. The van der Waals surface area contributed by atoms with Gasteiger partial charge in [-0.3, -0.25) is 4.90 Å². The van der Waals surface area contributed by atoms with Crippen LogP contribution in [0, 0.1) is 11.8 Å². The highest BCUT2D eigenvalue weighted by molar-refractivity contribution is 5.19. The van der Waals surface area contributed by atoms with E-state index in [2.05, 4.69) is 47.4 Å². The van der Waals surface area contributed by atoms with Gasteiger partial charge in [0.15, 0.2) is 0 Å². The first-order valence-electron chi connectivity index (χ1n) is 8.01. The summed E-state index contributed by atoms with van der Waals surface area (Å²) in [6, 6.07) is 11.3. The Balaban J connectivity index is 1.49. The van der Waals surface area contributed by atoms with Gasteiger partial charge in [0, 0.05) is 12.6 Å². The van der Waals surface area contributed by atoms with E-state index in [1.165, 1.54) is 37.8 Å². The molecule has 2 heteroatoms. The van der Waals surface area contributed by atoms with Crippen LogP contribution in [0.25, 0.3) is 0 Å². The number of nitrogens with zero attached hydrogens (tertiary/aromatic N) is 1. The summed E-state index contributed by atoms with van der Waals surface area (Å²) in [6.45, 7) is 2.12. The average molecular weight is 269 g/mol. The van der Waals surface area contributed by atoms with Crippen LogP contribution in [0.3, 0.4) is 0 Å². The number of ether oxygens (including phenoxy) is 1. The number of hydrogen-bond donors (Lipinski definition) is 0. The van der Waals surface area contributed by atoms with Gasteiger partial charge in [-0.05, 0) is 43.1 Å². The molecule has 0 saturated carbocycles. The molecular weight excluding hydrogens is 246 g/mol. The molecule has 0 aromatic heterocycles. The number of benzene rings is 1. The highest BCUT2D eigenvalue weighted by atomic mass is 16.5. The lowest BCUT2D eigenvalue weighted by Gasteiger charge is -2.26. The zero-order chi connectivity index (χ0) is 13.4. The largest absolute Gasteiger partial charge is 0.357 e. The molecule has 1 aromatic carbocycles. The first kappa shape index (κ1) is 12.6. The molecule has 0 bridgehead atoms. The second-order valence-electron chi connectivity index (χ2n) is 6.47. The quantitative estimate of drug-likeness (QED) is 0.758. The molecule has 4 atom stereocenters. The van der Waals surface area contributed by atoms with Gasteiger partial charge in [-0.2, -0.15) is 0 Å². The van der Waals surface area contributed by atoms with E-state index >= 15 is 0 Å². The third-order valence-corrected chi connectivity index (χ3v) is 5.22. The smallest absolute Gasteiger partial charge is 0.137 e. The number of hydrogen-bond acceptors (Lipinski definition) is 2. The molecular formula is C18H23NO. The number of allylic oxidation sites excluding steroid dienone is 2. The van der Waals surface area contributed by atoms with Gasteiger partial charge in [-0.1, -0.05) is 42.5 Å². The lowest BCUT2D eigenvalue weighted by Crippen LogP contribution is -2.27. The standard InChI is InChI=1S/C18H23NO/c1-3-7-14(8-4-1)16-11-17-13-20-18(19(17)12-16)15-9-5-2-6-10-15/h2-3,5-7,9-10,14,16-18H,1,4,8,11-13H2/t14?,16?,17?,18-/m1/s1. The van der Waals surface area contributed by atoms with E-state index in [1.54, 1.807) is 0 Å². The van der Waals surface area contributed by atoms with Gasteiger partial charge >= 0.3 is 0 Å². The van der Waals surface area contributed by atoms with Crippen molar-refractivity contribution in [3.05, 3.63) is 48.0 Å². The van der Waals surface area contributed by atoms with Crippen LogP contribution in [-0.4, -0.2) is 24.1 Å². The van der Waals surface area contributed by atoms with Crippen molar-refractivity contribution >= 4 is 0 Å². The maximum absolute atomic E-state index is 6.05. The molecule has 2 nitrogen and oxygen atoms in total. The van der Waals surface area contributed by atoms with Gasteiger partial charge in [-0.15, -0.1) is 0 Å². The fourth-order valence-corrected chi connectivity index (χ4v) is 4.18. The molecule has 0 spiro atoms. The van der Waals surface area contributed by atoms with E-state index < -0.39 is 0 Å². The molecule has 1 aromatic rings. The fourth-order valence-electron chi connectivity index (χ4n) is 4.18. The van der Waals surface area contributed by atoms with E-state index in [0.717, 1.165) is 18.4 Å². The Labute approximate surface area is 121 Å². The normalized spacial score (nSPS) is 37.2. The molecule has 20 heavy (non-hydrogen) atoms. The van der Waals surface area contributed by atoms with Crippen LogP contribution < -0.4 is 0 Å². The third kappa shape index (κ3) is 2.21. The van der Waals surface area contributed by atoms with Crippen molar-refractivity contribution < 1.29 is 4.74 Å². The predicted molar refractivity (Wildman–Crippen MR) is 80.2 cm³/mol. The Hall–Kier alpha value is -1.12. The molecule has 4 rings (SSSR count). The van der Waals surface area contributed by atoms with Crippen molar-refractivity contribution in [2.75, 3.05) is 13.2 Å². The van der Waals surface area contributed by atoms with Gasteiger partial charge < -0.3 is 4.74 Å². The summed E-state index contributed by atoms with van der Waals surface area (Å²) in [7, 11) is 0. The van der Waals surface area contributed by atoms with Crippen LogP contribution in [0.5, 0.6) is 0 Å². The second-order valence-corrected chi connectivity index (χ2v) is 6.47. The van der Waals surface area contributed by atoms with E-state index in [0.29, 0.717) is 6.04 Å². The van der Waals surface area contributed by atoms with Gasteiger partial charge in [0.1, 0.15) is 6.23 Å². The molecule has 0 amide bonds. The molecule has 2 fully saturated rings. The van der Waals surface area contributed by atoms with Crippen LogP contribution in [0.2, 0.25) is 0 Å². The fraction of sp³-hybridized carbons (Fsp3) is 0.556. The van der Waals surface area contributed by atoms with Crippen molar-refractivity contribution in [3.63, 3.8) is 0 Å². The summed E-state index contributed by atoms with van der Waals surface area (Å²) in [5.41, 5.74) is 1.31. The Morgan fingerprint density at radius 1 is 1.15 bits per heavy atom. The summed E-state index contributed by atoms with van der Waals surface area (Å²) < 4.78 is 6.05. The molecule has 2 aliphatic heterocycles. The zero-order valence-electron chi connectivity index (χ0n) is 11.9. The first-order chi connectivity index (χ1) is 9.92. The maximum atomic E-state index is 6.05. The lowest BCUT2D eigenvalue weighted by molar-refractivity contribution is 0.0288. The van der Waals surface area contributed by atoms with Crippen LogP contribution in [0.1, 0.15) is 37.5 Å². The average Bonchev–Trinajstić information content (AvgIpc) is 3.09. The van der Waals surface area contributed by atoms with Crippen molar-refractivity contribution in [3.8, 4) is 0 Å². The van der Waals surface area contributed by atoms with Crippen LogP contribution in [-0.2, 0) is 4.74 Å². The number of rotatable bonds is 2. The summed E-state index contributed by atoms with van der Waals surface area (Å²) in [5.74, 6) is 1.65. The van der Waals surface area contributed by atoms with Gasteiger partial charge in [0.25, 0.3) is 0 Å². The summed E-state index contributed by atoms with van der Waals surface area (Å²) in [5, 5.41) is 0. The van der Waals surface area contributed by atoms with Crippen molar-refractivity contribution in [2.45, 2.75) is 38.0 Å². The van der Waals surface area contributed by atoms with Crippen LogP contribution in [0.4, 0.5) is 0 Å². The first-order valence-corrected chi connectivity index (χ1v) is 8.01. The third-order valence-electron chi connectivity index (χ3n) is 5.22. The minimum atomic E-state index is 0.193. The van der Waals surface area contributed by atoms with Crippen LogP contribution >= 0.6 is 0 Å². The van der Waals surface area contributed by atoms with E-state index in [9.17, 15) is 0 Å². The minimum Gasteiger partial charge on any atom is -0.357 e. The topological polar surface area (TPSA) is 12.5 Å². The summed E-state index contributed by atoms with van der Waals surface area (Å²) >= 11 is 0. The lowest BCUT2D eigenvalue weighted by atomic mass is 9.83. The Kier molecular flexibility index (Phi) is 3.37. The summed E-state index contributed by atoms with van der Waals surface area (Å²) in [6.07, 6.45) is 10.4. The van der Waals surface area contributed by atoms with Crippen molar-refractivity contribution in [2.24, 2.45) is 11.8 Å². The van der Waals surface area contributed by atoms with Crippen molar-refractivity contribution in [1.82, 2.24) is 4.90 Å². The van der Waals surface area contributed by atoms with E-state index in [-0.39, 0.29) is 6.23 Å². The molecule has 3 aliphatic rings. The second kappa shape index (κ2) is 5.34. The SMILES string of the molecule is C1=CC(C2CC3CO[C@H](c4ccccc4)N3C2)CCC1. The molecule has 0 radical (unpaired) electrons. The highest BCUT2D eigenvalue weighted by Gasteiger charge is 2.44. The Morgan fingerprint density at radius 3 is 2.85 bits per heavy atom. The predicted octanol–water partition coefficient (Wildman–Crippen LogP) is 3.76.